The van der Waals surface area contributed by atoms with Gasteiger partial charge in [0.1, 0.15) is 11.4 Å². The van der Waals surface area contributed by atoms with Crippen molar-refractivity contribution in [2.75, 3.05) is 37.8 Å². The number of anilines is 1. The van der Waals surface area contributed by atoms with Gasteiger partial charge in [0.15, 0.2) is 5.76 Å². The van der Waals surface area contributed by atoms with E-state index in [1.54, 1.807) is 13.8 Å². The summed E-state index contributed by atoms with van der Waals surface area (Å²) < 4.78 is 34.8. The largest absolute Gasteiger partial charge is 0.374 e. The van der Waals surface area contributed by atoms with Gasteiger partial charge in [-0.3, -0.25) is 0 Å². The van der Waals surface area contributed by atoms with Gasteiger partial charge in [0, 0.05) is 19.6 Å². The van der Waals surface area contributed by atoms with E-state index in [4.69, 9.17) is 9.26 Å². The molecule has 0 radical (unpaired) electrons. The van der Waals surface area contributed by atoms with Gasteiger partial charge in [-0.2, -0.15) is 4.31 Å². The minimum absolute atomic E-state index is 0.210. The lowest BCUT2D eigenvalue weighted by molar-refractivity contribution is 0.00167. The van der Waals surface area contributed by atoms with Crippen molar-refractivity contribution in [3.8, 4) is 0 Å². The Balaban J connectivity index is 1.84. The van der Waals surface area contributed by atoms with Gasteiger partial charge in [-0.05, 0) is 13.8 Å². The third kappa shape index (κ3) is 4.18. The average molecular weight is 332 g/mol. The van der Waals surface area contributed by atoms with Crippen molar-refractivity contribution >= 4 is 21.7 Å². The van der Waals surface area contributed by atoms with E-state index in [9.17, 15) is 13.2 Å². The maximum absolute atomic E-state index is 11.9. The number of urea groups is 1. The number of sulfonamides is 1. The Bertz CT molecular complexity index is 622. The molecule has 2 heterocycles. The van der Waals surface area contributed by atoms with Crippen LogP contribution >= 0.6 is 0 Å². The van der Waals surface area contributed by atoms with Crippen LogP contribution in [0.4, 0.5) is 10.5 Å². The molecule has 22 heavy (non-hydrogen) atoms. The Hall–Kier alpha value is -1.65. The van der Waals surface area contributed by atoms with Crippen molar-refractivity contribution in [1.29, 1.82) is 0 Å². The molecule has 1 aliphatic rings. The van der Waals surface area contributed by atoms with Gasteiger partial charge in [0.05, 0.1) is 19.0 Å². The smallest absolute Gasteiger partial charge is 0.319 e. The molecule has 0 saturated carbocycles. The molecule has 1 saturated heterocycles. The van der Waals surface area contributed by atoms with Gasteiger partial charge in [0.25, 0.3) is 0 Å². The maximum Gasteiger partial charge on any atom is 0.319 e. The summed E-state index contributed by atoms with van der Waals surface area (Å²) in [5.74, 6) is 0.518. The van der Waals surface area contributed by atoms with Crippen LogP contribution in [0.5, 0.6) is 0 Å². The maximum atomic E-state index is 11.9. The molecule has 10 heteroatoms. The SMILES string of the molecule is Cc1noc(C)c1NC(=O)NCC1CN(S(C)(=O)=O)CCO1. The van der Waals surface area contributed by atoms with Gasteiger partial charge in [-0.25, -0.2) is 13.2 Å². The van der Waals surface area contributed by atoms with Gasteiger partial charge < -0.3 is 19.9 Å². The summed E-state index contributed by atoms with van der Waals surface area (Å²) in [7, 11) is -3.25. The summed E-state index contributed by atoms with van der Waals surface area (Å²) in [6, 6.07) is -0.422. The van der Waals surface area contributed by atoms with Crippen LogP contribution in [0.25, 0.3) is 0 Å². The molecule has 0 spiro atoms. The summed E-state index contributed by atoms with van der Waals surface area (Å²) in [6.07, 6.45) is 0.784. The summed E-state index contributed by atoms with van der Waals surface area (Å²) >= 11 is 0. The molecule has 2 rings (SSSR count). The van der Waals surface area contributed by atoms with E-state index in [0.29, 0.717) is 30.3 Å². The van der Waals surface area contributed by atoms with Crippen LogP contribution in [0.15, 0.2) is 4.52 Å². The lowest BCUT2D eigenvalue weighted by Crippen LogP contribution is -2.49. The molecule has 124 valence electrons. The average Bonchev–Trinajstić information content (AvgIpc) is 2.76. The summed E-state index contributed by atoms with van der Waals surface area (Å²) in [5.41, 5.74) is 1.12. The second-order valence-electron chi connectivity index (χ2n) is 5.15. The van der Waals surface area contributed by atoms with E-state index in [1.807, 2.05) is 0 Å². The van der Waals surface area contributed by atoms with Crippen molar-refractivity contribution < 1.29 is 22.5 Å². The minimum atomic E-state index is -3.25. The van der Waals surface area contributed by atoms with Crippen LogP contribution in [0.3, 0.4) is 0 Å². The number of carbonyl (C=O) groups excluding carboxylic acids is 1. The van der Waals surface area contributed by atoms with E-state index >= 15 is 0 Å². The molecular weight excluding hydrogens is 312 g/mol. The molecule has 2 amide bonds. The number of hydrogen-bond donors (Lipinski definition) is 2. The first-order valence-corrected chi connectivity index (χ1v) is 8.66. The van der Waals surface area contributed by atoms with E-state index in [-0.39, 0.29) is 19.2 Å². The predicted molar refractivity (Wildman–Crippen MR) is 79.2 cm³/mol. The quantitative estimate of drug-likeness (QED) is 0.807. The third-order valence-electron chi connectivity index (χ3n) is 3.33. The number of ether oxygens (including phenoxy) is 1. The summed E-state index contributed by atoms with van der Waals surface area (Å²) in [6.45, 7) is 4.50. The molecule has 1 atom stereocenters. The zero-order valence-electron chi connectivity index (χ0n) is 12.7. The van der Waals surface area contributed by atoms with Crippen LogP contribution in [0.2, 0.25) is 0 Å². The molecule has 2 N–H and O–H groups in total. The molecule has 1 aliphatic heterocycles. The first kappa shape index (κ1) is 16.7. The Morgan fingerprint density at radius 1 is 1.45 bits per heavy atom. The summed E-state index contributed by atoms with van der Waals surface area (Å²) in [4.78, 5) is 11.9. The van der Waals surface area contributed by atoms with Gasteiger partial charge in [0.2, 0.25) is 10.0 Å². The van der Waals surface area contributed by atoms with E-state index < -0.39 is 16.1 Å². The molecule has 0 bridgehead atoms. The molecular formula is C12H20N4O5S. The van der Waals surface area contributed by atoms with E-state index in [0.717, 1.165) is 6.26 Å². The predicted octanol–water partition coefficient (Wildman–Crippen LogP) is 0.0733. The standard InChI is InChI=1S/C12H20N4O5S/c1-8-11(9(2)21-15-8)14-12(17)13-6-10-7-16(4-5-20-10)22(3,18)19/h10H,4-7H2,1-3H3,(H2,13,14,17). The number of nitrogens with one attached hydrogen (secondary N) is 2. The van der Waals surface area contributed by atoms with Crippen molar-refractivity contribution in [1.82, 2.24) is 14.8 Å². The number of rotatable bonds is 4. The molecule has 1 aromatic rings. The zero-order chi connectivity index (χ0) is 16.3. The number of aryl methyl sites for hydroxylation is 2. The van der Waals surface area contributed by atoms with Gasteiger partial charge in [-0.1, -0.05) is 5.16 Å². The van der Waals surface area contributed by atoms with Crippen molar-refractivity contribution in [3.63, 3.8) is 0 Å². The lowest BCUT2D eigenvalue weighted by Gasteiger charge is -2.31. The first-order valence-electron chi connectivity index (χ1n) is 6.82. The number of morpholine rings is 1. The van der Waals surface area contributed by atoms with Gasteiger partial charge in [-0.15, -0.1) is 0 Å². The zero-order valence-corrected chi connectivity index (χ0v) is 13.6. The minimum Gasteiger partial charge on any atom is -0.374 e. The highest BCUT2D eigenvalue weighted by molar-refractivity contribution is 7.88. The topological polar surface area (TPSA) is 114 Å². The first-order chi connectivity index (χ1) is 10.3. The Kier molecular flexibility index (Phi) is 5.04. The third-order valence-corrected chi connectivity index (χ3v) is 4.60. The lowest BCUT2D eigenvalue weighted by atomic mass is 10.3. The number of amides is 2. The number of carbonyl (C=O) groups is 1. The highest BCUT2D eigenvalue weighted by Gasteiger charge is 2.26. The fraction of sp³-hybridized carbons (Fsp3) is 0.667. The Morgan fingerprint density at radius 3 is 2.77 bits per heavy atom. The molecule has 1 aromatic heterocycles. The van der Waals surface area contributed by atoms with Crippen LogP contribution in [0.1, 0.15) is 11.5 Å². The monoisotopic (exact) mass is 332 g/mol. The Morgan fingerprint density at radius 2 is 2.18 bits per heavy atom. The van der Waals surface area contributed by atoms with Crippen molar-refractivity contribution in [3.05, 3.63) is 11.5 Å². The molecule has 0 aromatic carbocycles. The van der Waals surface area contributed by atoms with E-state index in [2.05, 4.69) is 15.8 Å². The van der Waals surface area contributed by atoms with Crippen LogP contribution in [-0.2, 0) is 14.8 Å². The number of aromatic nitrogens is 1. The van der Waals surface area contributed by atoms with E-state index in [1.165, 1.54) is 4.31 Å². The van der Waals surface area contributed by atoms with Crippen molar-refractivity contribution in [2.45, 2.75) is 20.0 Å². The van der Waals surface area contributed by atoms with Crippen molar-refractivity contribution in [2.24, 2.45) is 0 Å². The second-order valence-corrected chi connectivity index (χ2v) is 7.13. The summed E-state index contributed by atoms with van der Waals surface area (Å²) in [5, 5.41) is 9.04. The number of nitrogens with zero attached hydrogens (tertiary/aromatic N) is 2. The highest BCUT2D eigenvalue weighted by Crippen LogP contribution is 2.18. The van der Waals surface area contributed by atoms with Gasteiger partial charge >= 0.3 is 6.03 Å². The molecule has 1 unspecified atom stereocenters. The fourth-order valence-corrected chi connectivity index (χ4v) is 2.99. The Labute approximate surface area is 129 Å². The number of hydrogen-bond acceptors (Lipinski definition) is 6. The second kappa shape index (κ2) is 6.63. The van der Waals surface area contributed by atoms with Crippen LogP contribution in [0, 0.1) is 13.8 Å². The molecule has 9 nitrogen and oxygen atoms in total. The highest BCUT2D eigenvalue weighted by atomic mass is 32.2. The normalized spacial score (nSPS) is 19.9. The van der Waals surface area contributed by atoms with Crippen LogP contribution in [-0.4, -0.2) is 62.5 Å². The fourth-order valence-electron chi connectivity index (χ4n) is 2.14. The van der Waals surface area contributed by atoms with Crippen LogP contribution < -0.4 is 10.6 Å². The molecule has 1 fully saturated rings. The molecule has 0 aliphatic carbocycles.